The van der Waals surface area contributed by atoms with Crippen molar-refractivity contribution in [3.63, 3.8) is 0 Å². The van der Waals surface area contributed by atoms with Crippen molar-refractivity contribution in [3.8, 4) is 0 Å². The highest BCUT2D eigenvalue weighted by Gasteiger charge is 2.30. The summed E-state index contributed by atoms with van der Waals surface area (Å²) in [5.41, 5.74) is 0. The number of aliphatic hydroxyl groups is 1. The summed E-state index contributed by atoms with van der Waals surface area (Å²) in [6.07, 6.45) is 11.4. The number of nitrogens with one attached hydrogen (secondary N) is 1. The molecule has 0 aromatic rings. The van der Waals surface area contributed by atoms with Crippen LogP contribution in [0.15, 0.2) is 0 Å². The van der Waals surface area contributed by atoms with Crippen LogP contribution in [0.4, 0.5) is 0 Å². The molecule has 0 radical (unpaired) electrons. The Morgan fingerprint density at radius 2 is 1.70 bits per heavy atom. The maximum atomic E-state index is 10.2. The van der Waals surface area contributed by atoms with Crippen molar-refractivity contribution in [1.29, 1.82) is 0 Å². The monoisotopic (exact) mass is 282 g/mol. The van der Waals surface area contributed by atoms with Gasteiger partial charge in [-0.25, -0.2) is 0 Å². The molecule has 118 valence electrons. The summed E-state index contributed by atoms with van der Waals surface area (Å²) in [6.45, 7) is 4.45. The Labute approximate surface area is 125 Å². The minimum atomic E-state index is -0.0999. The molecule has 2 fully saturated rings. The molecule has 0 heterocycles. The van der Waals surface area contributed by atoms with Gasteiger partial charge in [0.1, 0.15) is 0 Å². The third-order valence-corrected chi connectivity index (χ3v) is 5.41. The van der Waals surface area contributed by atoms with E-state index in [0.717, 1.165) is 25.4 Å². The molecule has 2 saturated carbocycles. The quantitative estimate of drug-likeness (QED) is 0.761. The van der Waals surface area contributed by atoms with Crippen LogP contribution in [0.25, 0.3) is 0 Å². The van der Waals surface area contributed by atoms with Gasteiger partial charge >= 0.3 is 0 Å². The van der Waals surface area contributed by atoms with Gasteiger partial charge in [-0.1, -0.05) is 39.0 Å². The third kappa shape index (κ3) is 4.44. The van der Waals surface area contributed by atoms with E-state index < -0.39 is 0 Å². The first kappa shape index (κ1) is 16.3. The first-order chi connectivity index (χ1) is 9.72. The normalized spacial score (nSPS) is 36.0. The highest BCUT2D eigenvalue weighted by molar-refractivity contribution is 4.86. The van der Waals surface area contributed by atoms with Crippen LogP contribution in [0, 0.1) is 5.92 Å². The minimum Gasteiger partial charge on any atom is -0.391 e. The molecule has 0 saturated heterocycles. The molecule has 0 aromatic heterocycles. The van der Waals surface area contributed by atoms with E-state index >= 15 is 0 Å². The second-order valence-electron chi connectivity index (χ2n) is 6.92. The first-order valence-corrected chi connectivity index (χ1v) is 8.84. The lowest BCUT2D eigenvalue weighted by Crippen LogP contribution is -2.48. The van der Waals surface area contributed by atoms with Gasteiger partial charge in [-0.05, 0) is 45.2 Å². The maximum absolute atomic E-state index is 10.2. The number of aliphatic hydroxyl groups excluding tert-OH is 1. The molecule has 4 atom stereocenters. The fourth-order valence-corrected chi connectivity index (χ4v) is 4.25. The summed E-state index contributed by atoms with van der Waals surface area (Å²) >= 11 is 0. The van der Waals surface area contributed by atoms with Gasteiger partial charge in [0.05, 0.1) is 6.10 Å². The van der Waals surface area contributed by atoms with Crippen molar-refractivity contribution >= 4 is 0 Å². The molecule has 20 heavy (non-hydrogen) atoms. The lowest BCUT2D eigenvalue weighted by Gasteiger charge is -2.38. The Bertz CT molecular complexity index is 272. The Hall–Kier alpha value is -0.120. The molecule has 2 N–H and O–H groups in total. The van der Waals surface area contributed by atoms with Crippen molar-refractivity contribution in [1.82, 2.24) is 10.2 Å². The number of rotatable bonds is 5. The van der Waals surface area contributed by atoms with Crippen molar-refractivity contribution < 1.29 is 5.11 Å². The predicted molar refractivity (Wildman–Crippen MR) is 84.9 cm³/mol. The summed E-state index contributed by atoms with van der Waals surface area (Å²) in [6, 6.07) is 1.08. The van der Waals surface area contributed by atoms with Gasteiger partial charge in [0.25, 0.3) is 0 Å². The molecule has 0 spiro atoms. The zero-order chi connectivity index (χ0) is 14.4. The lowest BCUT2D eigenvalue weighted by atomic mass is 9.89. The van der Waals surface area contributed by atoms with Crippen LogP contribution in [0.5, 0.6) is 0 Å². The van der Waals surface area contributed by atoms with Gasteiger partial charge in [-0.15, -0.1) is 0 Å². The summed E-state index contributed by atoms with van der Waals surface area (Å²) in [4.78, 5) is 2.46. The van der Waals surface area contributed by atoms with Crippen molar-refractivity contribution in [2.24, 2.45) is 5.92 Å². The largest absolute Gasteiger partial charge is 0.391 e. The number of nitrogens with zero attached hydrogens (tertiary/aromatic N) is 1. The van der Waals surface area contributed by atoms with Gasteiger partial charge in [0, 0.05) is 18.6 Å². The smallest absolute Gasteiger partial charge is 0.0695 e. The van der Waals surface area contributed by atoms with Crippen molar-refractivity contribution in [3.05, 3.63) is 0 Å². The van der Waals surface area contributed by atoms with Gasteiger partial charge < -0.3 is 15.3 Å². The Morgan fingerprint density at radius 3 is 2.45 bits per heavy atom. The van der Waals surface area contributed by atoms with Crippen LogP contribution in [0.3, 0.4) is 0 Å². The van der Waals surface area contributed by atoms with Crippen LogP contribution >= 0.6 is 0 Å². The maximum Gasteiger partial charge on any atom is 0.0695 e. The molecular weight excluding hydrogens is 248 g/mol. The van der Waals surface area contributed by atoms with E-state index in [-0.39, 0.29) is 6.10 Å². The van der Waals surface area contributed by atoms with Crippen LogP contribution in [0.2, 0.25) is 0 Å². The molecule has 3 nitrogen and oxygen atoms in total. The fraction of sp³-hybridized carbons (Fsp3) is 1.00. The molecule has 2 rings (SSSR count). The zero-order valence-corrected chi connectivity index (χ0v) is 13.5. The summed E-state index contributed by atoms with van der Waals surface area (Å²) in [7, 11) is 2.23. The van der Waals surface area contributed by atoms with E-state index in [2.05, 4.69) is 24.2 Å². The van der Waals surface area contributed by atoms with E-state index in [1.165, 1.54) is 51.4 Å². The van der Waals surface area contributed by atoms with Crippen molar-refractivity contribution in [2.45, 2.75) is 82.9 Å². The van der Waals surface area contributed by atoms with Crippen molar-refractivity contribution in [2.75, 3.05) is 20.1 Å². The molecule has 0 bridgehead atoms. The molecule has 3 heteroatoms. The number of hydrogen-bond donors (Lipinski definition) is 2. The Balaban J connectivity index is 1.90. The summed E-state index contributed by atoms with van der Waals surface area (Å²) in [5.74, 6) is 0.761. The van der Waals surface area contributed by atoms with Gasteiger partial charge in [-0.2, -0.15) is 0 Å². The SMILES string of the molecule is CCNC1CCCCCC1CN(C)C1CCCCC1O. The van der Waals surface area contributed by atoms with E-state index in [4.69, 9.17) is 0 Å². The number of likely N-dealkylation sites (N-methyl/N-ethyl adjacent to an activating group) is 1. The van der Waals surface area contributed by atoms with E-state index in [1.54, 1.807) is 0 Å². The Kier molecular flexibility index (Phi) is 6.79. The Morgan fingerprint density at radius 1 is 1.00 bits per heavy atom. The molecular formula is C17H34N2O. The topological polar surface area (TPSA) is 35.5 Å². The van der Waals surface area contributed by atoms with Gasteiger partial charge in [0.2, 0.25) is 0 Å². The first-order valence-electron chi connectivity index (χ1n) is 8.84. The fourth-order valence-electron chi connectivity index (χ4n) is 4.25. The third-order valence-electron chi connectivity index (χ3n) is 5.41. The van der Waals surface area contributed by atoms with E-state index in [0.29, 0.717) is 12.1 Å². The standard InChI is InChI=1S/C17H34N2O/c1-3-18-15-10-6-4-5-9-14(15)13-19(2)16-11-7-8-12-17(16)20/h14-18,20H,3-13H2,1-2H3. The van der Waals surface area contributed by atoms with Crippen LogP contribution in [-0.2, 0) is 0 Å². The minimum absolute atomic E-state index is 0.0999. The summed E-state index contributed by atoms with van der Waals surface area (Å²) in [5, 5.41) is 13.9. The van der Waals surface area contributed by atoms with Gasteiger partial charge in [0.15, 0.2) is 0 Å². The average Bonchev–Trinajstić information content (AvgIpc) is 2.65. The van der Waals surface area contributed by atoms with E-state index in [1.807, 2.05) is 0 Å². The molecule has 0 aliphatic heterocycles. The second kappa shape index (κ2) is 8.35. The van der Waals surface area contributed by atoms with E-state index in [9.17, 15) is 5.11 Å². The molecule has 0 aromatic carbocycles. The molecule has 2 aliphatic rings. The van der Waals surface area contributed by atoms with Crippen LogP contribution in [0.1, 0.15) is 64.7 Å². The summed E-state index contributed by atoms with van der Waals surface area (Å²) < 4.78 is 0. The second-order valence-corrected chi connectivity index (χ2v) is 6.92. The molecule has 2 aliphatic carbocycles. The zero-order valence-electron chi connectivity index (χ0n) is 13.5. The van der Waals surface area contributed by atoms with Crippen LogP contribution < -0.4 is 5.32 Å². The molecule has 4 unspecified atom stereocenters. The number of hydrogen-bond acceptors (Lipinski definition) is 3. The van der Waals surface area contributed by atoms with Crippen LogP contribution in [-0.4, -0.2) is 48.3 Å². The predicted octanol–water partition coefficient (Wildman–Crippen LogP) is 2.78. The average molecular weight is 282 g/mol. The highest BCUT2D eigenvalue weighted by atomic mass is 16.3. The van der Waals surface area contributed by atoms with Gasteiger partial charge in [-0.3, -0.25) is 0 Å². The molecule has 0 amide bonds. The highest BCUT2D eigenvalue weighted by Crippen LogP contribution is 2.27. The lowest BCUT2D eigenvalue weighted by molar-refractivity contribution is 0.0224.